The topological polar surface area (TPSA) is 29.1 Å². The molecule has 1 N–H and O–H groups in total. The largest absolute Gasteiger partial charge is 0.353 e. The molecule has 0 spiro atoms. The van der Waals surface area contributed by atoms with Gasteiger partial charge in [-0.3, -0.25) is 4.79 Å². The Morgan fingerprint density at radius 1 is 1.33 bits per heavy atom. The van der Waals surface area contributed by atoms with Gasteiger partial charge in [-0.25, -0.2) is 0 Å². The zero-order chi connectivity index (χ0) is 11.1. The van der Waals surface area contributed by atoms with Gasteiger partial charge >= 0.3 is 0 Å². The third-order valence-electron chi connectivity index (χ3n) is 2.13. The predicted molar refractivity (Wildman–Crippen MR) is 63.4 cm³/mol. The van der Waals surface area contributed by atoms with Crippen molar-refractivity contribution in [2.24, 2.45) is 0 Å². The highest BCUT2D eigenvalue weighted by molar-refractivity contribution is 5.94. The summed E-state index contributed by atoms with van der Waals surface area (Å²) in [5.74, 6) is -0.0156. The van der Waals surface area contributed by atoms with Crippen molar-refractivity contribution in [2.45, 2.75) is 20.3 Å². The molecule has 0 aromatic heterocycles. The van der Waals surface area contributed by atoms with Gasteiger partial charge in [-0.1, -0.05) is 37.3 Å². The van der Waals surface area contributed by atoms with Gasteiger partial charge in [-0.15, -0.1) is 0 Å². The van der Waals surface area contributed by atoms with E-state index < -0.39 is 0 Å². The van der Waals surface area contributed by atoms with Gasteiger partial charge in [-0.05, 0) is 24.5 Å². The van der Waals surface area contributed by atoms with Crippen LogP contribution in [0.1, 0.15) is 25.8 Å². The molecule has 0 bridgehead atoms. The average molecular weight is 203 g/mol. The molecule has 0 atom stereocenters. The molecular weight excluding hydrogens is 186 g/mol. The molecule has 0 heterocycles. The molecular formula is C13H17NO. The van der Waals surface area contributed by atoms with Crippen molar-refractivity contribution in [2.75, 3.05) is 6.54 Å². The summed E-state index contributed by atoms with van der Waals surface area (Å²) < 4.78 is 0. The molecule has 15 heavy (non-hydrogen) atoms. The zero-order valence-electron chi connectivity index (χ0n) is 9.29. The highest BCUT2D eigenvalue weighted by Gasteiger charge is 1.98. The van der Waals surface area contributed by atoms with Crippen LogP contribution in [0.5, 0.6) is 0 Å². The molecule has 0 unspecified atom stereocenters. The van der Waals surface area contributed by atoms with Crippen molar-refractivity contribution in [1.82, 2.24) is 5.32 Å². The van der Waals surface area contributed by atoms with Crippen molar-refractivity contribution in [3.8, 4) is 0 Å². The minimum absolute atomic E-state index is 0.0156. The Kier molecular flexibility index (Phi) is 4.61. The van der Waals surface area contributed by atoms with Gasteiger partial charge in [0.1, 0.15) is 0 Å². The summed E-state index contributed by atoms with van der Waals surface area (Å²) in [7, 11) is 0. The lowest BCUT2D eigenvalue weighted by atomic mass is 10.1. The van der Waals surface area contributed by atoms with Crippen LogP contribution in [0, 0.1) is 0 Å². The highest BCUT2D eigenvalue weighted by Crippen LogP contribution is 2.11. The first-order valence-electron chi connectivity index (χ1n) is 5.25. The minimum atomic E-state index is -0.0156. The predicted octanol–water partition coefficient (Wildman–Crippen LogP) is 2.62. The first-order valence-corrected chi connectivity index (χ1v) is 5.25. The second-order valence-electron chi connectivity index (χ2n) is 3.48. The van der Waals surface area contributed by atoms with Crippen LogP contribution < -0.4 is 5.32 Å². The number of benzene rings is 1. The fourth-order valence-electron chi connectivity index (χ4n) is 1.28. The van der Waals surface area contributed by atoms with Crippen molar-refractivity contribution in [3.63, 3.8) is 0 Å². The zero-order valence-corrected chi connectivity index (χ0v) is 9.29. The summed E-state index contributed by atoms with van der Waals surface area (Å²) >= 11 is 0. The summed E-state index contributed by atoms with van der Waals surface area (Å²) in [6, 6.07) is 9.90. The van der Waals surface area contributed by atoms with Crippen LogP contribution in [0.3, 0.4) is 0 Å². The number of allylic oxidation sites excluding steroid dienone is 1. The summed E-state index contributed by atoms with van der Waals surface area (Å²) in [6.45, 7) is 4.71. The van der Waals surface area contributed by atoms with Gasteiger partial charge < -0.3 is 5.32 Å². The summed E-state index contributed by atoms with van der Waals surface area (Å²) in [6.07, 6.45) is 2.61. The summed E-state index contributed by atoms with van der Waals surface area (Å²) in [4.78, 5) is 11.4. The first kappa shape index (κ1) is 11.5. The van der Waals surface area contributed by atoms with Crippen molar-refractivity contribution in [1.29, 1.82) is 0 Å². The van der Waals surface area contributed by atoms with E-state index in [1.807, 2.05) is 44.2 Å². The molecule has 1 aromatic carbocycles. The first-order chi connectivity index (χ1) is 7.24. The van der Waals surface area contributed by atoms with E-state index in [0.717, 1.165) is 24.1 Å². The van der Waals surface area contributed by atoms with Gasteiger partial charge in [-0.2, -0.15) is 0 Å². The molecule has 0 saturated carbocycles. The average Bonchev–Trinajstić information content (AvgIpc) is 2.27. The second-order valence-corrected chi connectivity index (χ2v) is 3.48. The number of hydrogen-bond acceptors (Lipinski definition) is 1. The van der Waals surface area contributed by atoms with E-state index in [9.17, 15) is 4.79 Å². The van der Waals surface area contributed by atoms with Crippen LogP contribution in [0.15, 0.2) is 36.4 Å². The third-order valence-corrected chi connectivity index (χ3v) is 2.13. The maximum absolute atomic E-state index is 11.4. The molecule has 0 aliphatic carbocycles. The summed E-state index contributed by atoms with van der Waals surface area (Å²) in [5.41, 5.74) is 2.08. The molecule has 2 nitrogen and oxygen atoms in total. The van der Waals surface area contributed by atoms with E-state index in [4.69, 9.17) is 0 Å². The molecule has 0 saturated heterocycles. The van der Waals surface area contributed by atoms with Crippen molar-refractivity contribution in [3.05, 3.63) is 42.0 Å². The number of hydrogen-bond donors (Lipinski definition) is 1. The van der Waals surface area contributed by atoms with E-state index >= 15 is 0 Å². The van der Waals surface area contributed by atoms with Gasteiger partial charge in [0.25, 0.3) is 0 Å². The van der Waals surface area contributed by atoms with Crippen LogP contribution in [0.25, 0.3) is 5.57 Å². The van der Waals surface area contributed by atoms with E-state index in [1.165, 1.54) is 0 Å². The Bertz CT molecular complexity index is 341. The van der Waals surface area contributed by atoms with E-state index in [2.05, 4.69) is 5.32 Å². The fourth-order valence-corrected chi connectivity index (χ4v) is 1.28. The number of amides is 1. The van der Waals surface area contributed by atoms with Crippen LogP contribution in [0.4, 0.5) is 0 Å². The Labute approximate surface area is 91.0 Å². The van der Waals surface area contributed by atoms with Crippen LogP contribution in [-0.4, -0.2) is 12.5 Å². The monoisotopic (exact) mass is 203 g/mol. The smallest absolute Gasteiger partial charge is 0.244 e. The molecule has 1 rings (SSSR count). The summed E-state index contributed by atoms with van der Waals surface area (Å²) in [5, 5.41) is 2.82. The SMILES string of the molecule is CCCNC(=O)/C=C(\C)c1ccccc1. The van der Waals surface area contributed by atoms with Gasteiger partial charge in [0.05, 0.1) is 0 Å². The normalized spacial score (nSPS) is 11.2. The number of nitrogens with one attached hydrogen (secondary N) is 1. The van der Waals surface area contributed by atoms with Crippen molar-refractivity contribution >= 4 is 11.5 Å². The molecule has 0 radical (unpaired) electrons. The molecule has 0 aliphatic heterocycles. The molecule has 80 valence electrons. The number of carbonyl (C=O) groups excluding carboxylic acids is 1. The van der Waals surface area contributed by atoms with Crippen LogP contribution >= 0.6 is 0 Å². The van der Waals surface area contributed by atoms with E-state index in [-0.39, 0.29) is 5.91 Å². The Balaban J connectivity index is 2.64. The Morgan fingerprint density at radius 2 is 2.00 bits per heavy atom. The van der Waals surface area contributed by atoms with Crippen LogP contribution in [0.2, 0.25) is 0 Å². The van der Waals surface area contributed by atoms with E-state index in [0.29, 0.717) is 0 Å². The lowest BCUT2D eigenvalue weighted by Crippen LogP contribution is -2.21. The number of rotatable bonds is 4. The standard InChI is InChI=1S/C13H17NO/c1-3-9-14-13(15)10-11(2)12-7-5-4-6-8-12/h4-8,10H,3,9H2,1-2H3,(H,14,15)/b11-10+. The Hall–Kier alpha value is -1.57. The van der Waals surface area contributed by atoms with Crippen LogP contribution in [-0.2, 0) is 4.79 Å². The number of carbonyl (C=O) groups is 1. The minimum Gasteiger partial charge on any atom is -0.353 e. The molecule has 1 aromatic rings. The molecule has 0 aliphatic rings. The molecule has 2 heteroatoms. The Morgan fingerprint density at radius 3 is 2.60 bits per heavy atom. The lowest BCUT2D eigenvalue weighted by Gasteiger charge is -2.02. The third kappa shape index (κ3) is 3.98. The lowest BCUT2D eigenvalue weighted by molar-refractivity contribution is -0.116. The fraction of sp³-hybridized carbons (Fsp3) is 0.308. The maximum Gasteiger partial charge on any atom is 0.244 e. The maximum atomic E-state index is 11.4. The van der Waals surface area contributed by atoms with Gasteiger partial charge in [0, 0.05) is 12.6 Å². The van der Waals surface area contributed by atoms with Crippen molar-refractivity contribution < 1.29 is 4.79 Å². The van der Waals surface area contributed by atoms with Gasteiger partial charge in [0.15, 0.2) is 0 Å². The molecule has 1 amide bonds. The quantitative estimate of drug-likeness (QED) is 0.749. The van der Waals surface area contributed by atoms with Gasteiger partial charge in [0.2, 0.25) is 5.91 Å². The van der Waals surface area contributed by atoms with E-state index in [1.54, 1.807) is 6.08 Å². The molecule has 0 fully saturated rings. The second kappa shape index (κ2) is 6.02. The highest BCUT2D eigenvalue weighted by atomic mass is 16.1.